The number of carbonyl (C=O) groups excluding carboxylic acids is 1. The van der Waals surface area contributed by atoms with Crippen molar-refractivity contribution >= 4 is 21.6 Å². The lowest BCUT2D eigenvalue weighted by Crippen LogP contribution is -2.38. The average molecular weight is 475 g/mol. The van der Waals surface area contributed by atoms with E-state index < -0.39 is 10.0 Å². The number of piperidine rings is 1. The molecule has 180 valence electrons. The minimum absolute atomic E-state index is 0.0430. The van der Waals surface area contributed by atoms with Crippen LogP contribution in [0.2, 0.25) is 0 Å². The molecule has 1 amide bonds. The van der Waals surface area contributed by atoms with Gasteiger partial charge in [0.2, 0.25) is 10.0 Å². The van der Waals surface area contributed by atoms with Crippen LogP contribution in [0.1, 0.15) is 54.3 Å². The quantitative estimate of drug-likeness (QED) is 0.633. The van der Waals surface area contributed by atoms with E-state index in [0.29, 0.717) is 12.1 Å². The Kier molecular flexibility index (Phi) is 7.41. The van der Waals surface area contributed by atoms with Crippen molar-refractivity contribution in [1.82, 2.24) is 14.5 Å². The molecule has 2 aromatic rings. The van der Waals surface area contributed by atoms with Crippen LogP contribution in [-0.2, 0) is 10.0 Å². The first-order valence-electron chi connectivity index (χ1n) is 11.7. The number of likely N-dealkylation sites (tertiary alicyclic amines) is 1. The maximum atomic E-state index is 13.5. The molecule has 2 aliphatic rings. The van der Waals surface area contributed by atoms with Crippen LogP contribution in [0.4, 0.5) is 5.69 Å². The molecular weight excluding hydrogens is 440 g/mol. The molecule has 0 saturated carbocycles. The summed E-state index contributed by atoms with van der Waals surface area (Å²) in [5, 5.41) is 3.08. The smallest absolute Gasteiger partial charge is 0.253 e. The zero-order chi connectivity index (χ0) is 23.4. The molecule has 33 heavy (non-hydrogen) atoms. The number of amides is 1. The second kappa shape index (κ2) is 10.3. The molecule has 0 aliphatic carbocycles. The van der Waals surface area contributed by atoms with Crippen molar-refractivity contribution in [2.45, 2.75) is 43.0 Å². The summed E-state index contributed by atoms with van der Waals surface area (Å²) < 4.78 is 32.3. The molecule has 1 N–H and O–H groups in total. The van der Waals surface area contributed by atoms with Crippen LogP contribution in [0.5, 0.6) is 0 Å². The summed E-state index contributed by atoms with van der Waals surface area (Å²) in [6, 6.07) is 8.67. The van der Waals surface area contributed by atoms with Crippen molar-refractivity contribution in [3.05, 3.63) is 47.9 Å². The van der Waals surface area contributed by atoms with E-state index in [-0.39, 0.29) is 16.8 Å². The van der Waals surface area contributed by atoms with Gasteiger partial charge in [0.05, 0.1) is 22.8 Å². The van der Waals surface area contributed by atoms with Crippen LogP contribution in [0, 0.1) is 0 Å². The van der Waals surface area contributed by atoms with Gasteiger partial charge in [-0.1, -0.05) is 0 Å². The first-order valence-corrected chi connectivity index (χ1v) is 13.2. The number of hydrogen-bond acceptors (Lipinski definition) is 6. The van der Waals surface area contributed by atoms with Gasteiger partial charge in [-0.05, 0) is 75.5 Å². The highest BCUT2D eigenvalue weighted by Crippen LogP contribution is 2.29. The zero-order valence-electron chi connectivity index (χ0n) is 19.5. The summed E-state index contributed by atoms with van der Waals surface area (Å²) in [4.78, 5) is 18.1. The van der Waals surface area contributed by atoms with Gasteiger partial charge in [-0.2, -0.15) is 0 Å². The number of benzene rings is 1. The number of anilines is 1. The van der Waals surface area contributed by atoms with Gasteiger partial charge in [-0.3, -0.25) is 9.69 Å². The van der Waals surface area contributed by atoms with Gasteiger partial charge < -0.3 is 14.6 Å². The van der Waals surface area contributed by atoms with Gasteiger partial charge in [0.25, 0.3) is 5.91 Å². The van der Waals surface area contributed by atoms with E-state index in [1.165, 1.54) is 30.9 Å². The van der Waals surface area contributed by atoms with Crippen LogP contribution < -0.4 is 10.2 Å². The molecule has 1 atom stereocenters. The summed E-state index contributed by atoms with van der Waals surface area (Å²) in [7, 11) is -0.653. The lowest BCUT2D eigenvalue weighted by atomic mass is 10.1. The monoisotopic (exact) mass is 474 g/mol. The van der Waals surface area contributed by atoms with Crippen molar-refractivity contribution in [2.75, 3.05) is 51.7 Å². The highest BCUT2D eigenvalue weighted by Gasteiger charge is 2.28. The van der Waals surface area contributed by atoms with E-state index in [4.69, 9.17) is 4.42 Å². The molecule has 2 fully saturated rings. The van der Waals surface area contributed by atoms with Crippen molar-refractivity contribution in [3.63, 3.8) is 0 Å². The molecule has 0 bridgehead atoms. The summed E-state index contributed by atoms with van der Waals surface area (Å²) in [5.74, 6) is 0.569. The Morgan fingerprint density at radius 3 is 2.39 bits per heavy atom. The van der Waals surface area contributed by atoms with Crippen molar-refractivity contribution < 1.29 is 17.6 Å². The fourth-order valence-corrected chi connectivity index (χ4v) is 5.64. The Balaban J connectivity index is 1.61. The largest absolute Gasteiger partial charge is 0.468 e. The number of carbonyl (C=O) groups is 1. The van der Waals surface area contributed by atoms with Gasteiger partial charge in [0.15, 0.2) is 0 Å². The fourth-order valence-electron chi connectivity index (χ4n) is 4.71. The molecule has 2 saturated heterocycles. The van der Waals surface area contributed by atoms with Gasteiger partial charge >= 0.3 is 0 Å². The van der Waals surface area contributed by atoms with Gasteiger partial charge in [-0.15, -0.1) is 0 Å². The Bertz CT molecular complexity index is 1040. The molecular formula is C24H34N4O4S. The van der Waals surface area contributed by atoms with Crippen LogP contribution in [-0.4, -0.2) is 70.3 Å². The second-order valence-corrected chi connectivity index (χ2v) is 11.2. The predicted octanol–water partition coefficient (Wildman–Crippen LogP) is 3.09. The molecule has 4 rings (SSSR count). The fraction of sp³-hybridized carbons (Fsp3) is 0.542. The van der Waals surface area contributed by atoms with E-state index in [9.17, 15) is 13.2 Å². The molecule has 3 heterocycles. The lowest BCUT2D eigenvalue weighted by molar-refractivity contribution is 0.0934. The minimum Gasteiger partial charge on any atom is -0.468 e. The number of nitrogens with zero attached hydrogens (tertiary/aromatic N) is 3. The molecule has 2 aliphatic heterocycles. The topological polar surface area (TPSA) is 86.1 Å². The molecule has 0 radical (unpaired) electrons. The predicted molar refractivity (Wildman–Crippen MR) is 128 cm³/mol. The Labute approximate surface area is 196 Å². The average Bonchev–Trinajstić information content (AvgIpc) is 3.54. The number of hydrogen-bond donors (Lipinski definition) is 1. The first kappa shape index (κ1) is 23.8. The second-order valence-electron chi connectivity index (χ2n) is 9.00. The Morgan fingerprint density at radius 2 is 1.76 bits per heavy atom. The molecule has 9 heteroatoms. The van der Waals surface area contributed by atoms with Crippen LogP contribution in [0.15, 0.2) is 45.9 Å². The van der Waals surface area contributed by atoms with Crippen molar-refractivity contribution in [1.29, 1.82) is 0 Å². The highest BCUT2D eigenvalue weighted by atomic mass is 32.2. The maximum Gasteiger partial charge on any atom is 0.253 e. The van der Waals surface area contributed by atoms with E-state index in [1.807, 2.05) is 12.1 Å². The molecule has 1 aromatic heterocycles. The van der Waals surface area contributed by atoms with E-state index in [0.717, 1.165) is 63.3 Å². The number of nitrogens with one attached hydrogen (secondary N) is 1. The minimum atomic E-state index is -3.65. The third kappa shape index (κ3) is 5.26. The standard InChI is InChI=1S/C24H34N4O4S/c1-26(2)33(30,31)19-10-11-21(27-12-4-3-5-13-27)20(17-19)24(29)25-18-22(23-9-8-16-32-23)28-14-6-7-15-28/h8-11,16-17,22H,3-7,12-15,18H2,1-2H3,(H,25,29). The van der Waals surface area contributed by atoms with Gasteiger partial charge in [0, 0.05) is 39.4 Å². The zero-order valence-corrected chi connectivity index (χ0v) is 20.3. The molecule has 1 aromatic carbocycles. The summed E-state index contributed by atoms with van der Waals surface area (Å²) >= 11 is 0. The summed E-state index contributed by atoms with van der Waals surface area (Å²) in [5.41, 5.74) is 1.19. The van der Waals surface area contributed by atoms with Crippen LogP contribution >= 0.6 is 0 Å². The summed E-state index contributed by atoms with van der Waals surface area (Å²) in [6.45, 7) is 4.07. The van der Waals surface area contributed by atoms with Crippen LogP contribution in [0.3, 0.4) is 0 Å². The highest BCUT2D eigenvalue weighted by molar-refractivity contribution is 7.89. The third-order valence-corrected chi connectivity index (χ3v) is 8.41. The number of furan rings is 1. The summed E-state index contributed by atoms with van der Waals surface area (Å²) in [6.07, 6.45) is 7.22. The molecule has 1 unspecified atom stereocenters. The Morgan fingerprint density at radius 1 is 1.06 bits per heavy atom. The number of sulfonamides is 1. The SMILES string of the molecule is CN(C)S(=O)(=O)c1ccc(N2CCCCC2)c(C(=O)NCC(c2ccco2)N2CCCC2)c1. The maximum absolute atomic E-state index is 13.5. The number of rotatable bonds is 8. The van der Waals surface area contributed by atoms with Crippen molar-refractivity contribution in [3.8, 4) is 0 Å². The molecule has 0 spiro atoms. The molecule has 8 nitrogen and oxygen atoms in total. The van der Waals surface area contributed by atoms with Gasteiger partial charge in [0.1, 0.15) is 5.76 Å². The van der Waals surface area contributed by atoms with E-state index >= 15 is 0 Å². The van der Waals surface area contributed by atoms with E-state index in [2.05, 4.69) is 15.1 Å². The van der Waals surface area contributed by atoms with Crippen molar-refractivity contribution in [2.24, 2.45) is 0 Å². The third-order valence-electron chi connectivity index (χ3n) is 6.60. The Hall–Kier alpha value is -2.36. The lowest BCUT2D eigenvalue weighted by Gasteiger charge is -2.31. The van der Waals surface area contributed by atoms with Gasteiger partial charge in [-0.25, -0.2) is 12.7 Å². The van der Waals surface area contributed by atoms with Crippen LogP contribution in [0.25, 0.3) is 0 Å². The first-order chi connectivity index (χ1) is 15.9. The normalized spacial score (nSPS) is 18.6. The van der Waals surface area contributed by atoms with E-state index in [1.54, 1.807) is 18.4 Å².